The fourth-order valence-electron chi connectivity index (χ4n) is 2.11. The van der Waals surface area contributed by atoms with Crippen molar-refractivity contribution in [3.63, 3.8) is 0 Å². The van der Waals surface area contributed by atoms with E-state index in [0.29, 0.717) is 0 Å². The Hall–Kier alpha value is -1.07. The number of aliphatic hydroxyl groups is 2. The molecule has 5 nitrogen and oxygen atoms in total. The van der Waals surface area contributed by atoms with Crippen LogP contribution in [-0.4, -0.2) is 52.1 Å². The van der Waals surface area contributed by atoms with Gasteiger partial charge in [-0.3, -0.25) is 4.90 Å². The number of hydrogen-bond donors (Lipinski definition) is 2. The lowest BCUT2D eigenvalue weighted by Crippen LogP contribution is -2.51. The molecule has 5 heteroatoms. The minimum Gasteiger partial charge on any atom is -0.444 e. The number of carbonyl (C=O) groups is 1. The van der Waals surface area contributed by atoms with Crippen molar-refractivity contribution in [2.75, 3.05) is 13.2 Å². The third-order valence-electron chi connectivity index (χ3n) is 3.02. The summed E-state index contributed by atoms with van der Waals surface area (Å²) in [4.78, 5) is 13.4. The molecule has 2 atom stereocenters. The summed E-state index contributed by atoms with van der Waals surface area (Å²) >= 11 is 0. The standard InChI is InChI=1S/C14H25NO4/c1-9(2)11-6-10(8-16)15(7-12(11)17)13(18)19-14(3,4)5/h6,9-10,12,16-17H,7-8H2,1-5H3/t10-,12+/m0/s1. The van der Waals surface area contributed by atoms with E-state index < -0.39 is 23.8 Å². The second-order valence-electron chi connectivity index (χ2n) is 6.22. The number of hydrogen-bond acceptors (Lipinski definition) is 4. The highest BCUT2D eigenvalue weighted by atomic mass is 16.6. The fourth-order valence-corrected chi connectivity index (χ4v) is 2.11. The van der Waals surface area contributed by atoms with E-state index in [1.807, 2.05) is 13.8 Å². The molecule has 0 fully saturated rings. The van der Waals surface area contributed by atoms with Crippen molar-refractivity contribution in [2.24, 2.45) is 5.92 Å². The summed E-state index contributed by atoms with van der Waals surface area (Å²) < 4.78 is 5.29. The van der Waals surface area contributed by atoms with Gasteiger partial charge in [-0.1, -0.05) is 19.9 Å². The van der Waals surface area contributed by atoms with Crippen LogP contribution in [0, 0.1) is 5.92 Å². The average Bonchev–Trinajstić information content (AvgIpc) is 2.25. The Bertz CT molecular complexity index is 357. The number of carbonyl (C=O) groups excluding carboxylic acids is 1. The van der Waals surface area contributed by atoms with Gasteiger partial charge in [0, 0.05) is 0 Å². The molecule has 0 aromatic carbocycles. The Kier molecular flexibility index (Phi) is 4.98. The average molecular weight is 271 g/mol. The molecule has 1 heterocycles. The number of ether oxygens (including phenoxy) is 1. The predicted octanol–water partition coefficient (Wildman–Crippen LogP) is 1.54. The molecule has 0 saturated heterocycles. The Morgan fingerprint density at radius 3 is 2.53 bits per heavy atom. The van der Waals surface area contributed by atoms with E-state index in [-0.39, 0.29) is 19.1 Å². The van der Waals surface area contributed by atoms with Gasteiger partial charge >= 0.3 is 6.09 Å². The molecule has 1 aliphatic heterocycles. The summed E-state index contributed by atoms with van der Waals surface area (Å²) in [7, 11) is 0. The monoisotopic (exact) mass is 271 g/mol. The van der Waals surface area contributed by atoms with E-state index in [0.717, 1.165) is 5.57 Å². The van der Waals surface area contributed by atoms with Gasteiger partial charge in [0.2, 0.25) is 0 Å². The topological polar surface area (TPSA) is 70.0 Å². The van der Waals surface area contributed by atoms with Crippen LogP contribution in [0.2, 0.25) is 0 Å². The van der Waals surface area contributed by atoms with Crippen LogP contribution in [0.4, 0.5) is 4.79 Å². The van der Waals surface area contributed by atoms with Gasteiger partial charge in [-0.2, -0.15) is 0 Å². The molecule has 2 N–H and O–H groups in total. The van der Waals surface area contributed by atoms with Crippen molar-refractivity contribution in [1.29, 1.82) is 0 Å². The van der Waals surface area contributed by atoms with Gasteiger partial charge < -0.3 is 14.9 Å². The highest BCUT2D eigenvalue weighted by Crippen LogP contribution is 2.24. The van der Waals surface area contributed by atoms with Gasteiger partial charge in [0.15, 0.2) is 0 Å². The van der Waals surface area contributed by atoms with E-state index in [4.69, 9.17) is 4.74 Å². The minimum atomic E-state index is -0.699. The first kappa shape index (κ1) is 16.0. The molecule has 0 spiro atoms. The summed E-state index contributed by atoms with van der Waals surface area (Å²) in [6, 6.07) is -0.435. The molecule has 1 amide bonds. The zero-order valence-electron chi connectivity index (χ0n) is 12.4. The molecule has 0 aromatic heterocycles. The fraction of sp³-hybridized carbons (Fsp3) is 0.786. The van der Waals surface area contributed by atoms with Crippen LogP contribution < -0.4 is 0 Å². The van der Waals surface area contributed by atoms with Crippen molar-refractivity contribution in [3.05, 3.63) is 11.6 Å². The maximum absolute atomic E-state index is 12.1. The predicted molar refractivity (Wildman–Crippen MR) is 72.7 cm³/mol. The second-order valence-corrected chi connectivity index (χ2v) is 6.22. The van der Waals surface area contributed by atoms with E-state index >= 15 is 0 Å². The van der Waals surface area contributed by atoms with Crippen molar-refractivity contribution in [1.82, 2.24) is 4.90 Å². The molecule has 0 radical (unpaired) electrons. The van der Waals surface area contributed by atoms with Gasteiger partial charge in [0.05, 0.1) is 25.3 Å². The third kappa shape index (κ3) is 4.21. The molecule has 19 heavy (non-hydrogen) atoms. The van der Waals surface area contributed by atoms with Crippen LogP contribution in [0.15, 0.2) is 11.6 Å². The SMILES string of the molecule is CC(C)C1=C[C@@H](CO)N(C(=O)OC(C)(C)C)C[C@H]1O. The third-order valence-corrected chi connectivity index (χ3v) is 3.02. The van der Waals surface area contributed by atoms with E-state index in [1.54, 1.807) is 26.8 Å². The molecule has 0 saturated carbocycles. The molecule has 0 aromatic rings. The van der Waals surface area contributed by atoms with Crippen LogP contribution in [0.3, 0.4) is 0 Å². The van der Waals surface area contributed by atoms with Crippen molar-refractivity contribution >= 4 is 6.09 Å². The number of aliphatic hydroxyl groups excluding tert-OH is 2. The van der Waals surface area contributed by atoms with Crippen LogP contribution >= 0.6 is 0 Å². The molecular weight excluding hydrogens is 246 g/mol. The summed E-state index contributed by atoms with van der Waals surface area (Å²) in [6.45, 7) is 9.30. The molecule has 0 aliphatic carbocycles. The zero-order chi connectivity index (χ0) is 14.8. The Morgan fingerprint density at radius 1 is 1.53 bits per heavy atom. The first-order valence-corrected chi connectivity index (χ1v) is 6.66. The van der Waals surface area contributed by atoms with E-state index in [9.17, 15) is 15.0 Å². The molecule has 0 bridgehead atoms. The van der Waals surface area contributed by atoms with Crippen molar-refractivity contribution in [3.8, 4) is 0 Å². The highest BCUT2D eigenvalue weighted by molar-refractivity contribution is 5.69. The Morgan fingerprint density at radius 2 is 2.11 bits per heavy atom. The van der Waals surface area contributed by atoms with Gasteiger partial charge in [-0.25, -0.2) is 4.79 Å². The molecule has 1 rings (SSSR count). The number of nitrogens with zero attached hydrogens (tertiary/aromatic N) is 1. The van der Waals surface area contributed by atoms with Gasteiger partial charge in [0.1, 0.15) is 5.60 Å². The molecular formula is C14H25NO4. The van der Waals surface area contributed by atoms with Gasteiger partial charge in [-0.15, -0.1) is 0 Å². The zero-order valence-corrected chi connectivity index (χ0v) is 12.4. The summed E-state index contributed by atoms with van der Waals surface area (Å²) in [5, 5.41) is 19.5. The smallest absolute Gasteiger partial charge is 0.410 e. The van der Waals surface area contributed by atoms with Crippen LogP contribution in [0.1, 0.15) is 34.6 Å². The second kappa shape index (κ2) is 5.92. The summed E-state index contributed by atoms with van der Waals surface area (Å²) in [6.07, 6.45) is 0.558. The van der Waals surface area contributed by atoms with Crippen LogP contribution in [0.25, 0.3) is 0 Å². The Labute approximate surface area is 114 Å². The van der Waals surface area contributed by atoms with E-state index in [1.165, 1.54) is 4.90 Å². The minimum absolute atomic E-state index is 0.157. The maximum atomic E-state index is 12.1. The lowest BCUT2D eigenvalue weighted by molar-refractivity contribution is 0.00103. The van der Waals surface area contributed by atoms with Crippen LogP contribution in [0.5, 0.6) is 0 Å². The summed E-state index contributed by atoms with van der Waals surface area (Å²) in [5.74, 6) is 0.185. The first-order chi connectivity index (χ1) is 8.65. The number of amides is 1. The largest absolute Gasteiger partial charge is 0.444 e. The van der Waals surface area contributed by atoms with Crippen LogP contribution in [-0.2, 0) is 4.74 Å². The maximum Gasteiger partial charge on any atom is 0.410 e. The molecule has 1 aliphatic rings. The van der Waals surface area contributed by atoms with Gasteiger partial charge in [0.25, 0.3) is 0 Å². The van der Waals surface area contributed by atoms with E-state index in [2.05, 4.69) is 0 Å². The summed E-state index contributed by atoms with van der Waals surface area (Å²) in [5.41, 5.74) is 0.267. The highest BCUT2D eigenvalue weighted by Gasteiger charge is 2.34. The van der Waals surface area contributed by atoms with Crippen molar-refractivity contribution < 1.29 is 19.7 Å². The number of rotatable bonds is 2. The normalized spacial score (nSPS) is 24.4. The quantitative estimate of drug-likeness (QED) is 0.747. The lowest BCUT2D eigenvalue weighted by atomic mass is 9.91. The lowest BCUT2D eigenvalue weighted by Gasteiger charge is -2.38. The number of β-amino-alcohol motifs (C(OH)–C–C–N with tert-alkyl or cyclic N) is 1. The van der Waals surface area contributed by atoms with Gasteiger partial charge in [-0.05, 0) is 32.3 Å². The molecule has 0 unspecified atom stereocenters. The van der Waals surface area contributed by atoms with Crippen molar-refractivity contribution in [2.45, 2.75) is 52.4 Å². The Balaban J connectivity index is 2.89. The first-order valence-electron chi connectivity index (χ1n) is 6.66. The molecule has 110 valence electrons.